The van der Waals surface area contributed by atoms with Crippen LogP contribution in [0.25, 0.3) is 0 Å². The largest absolute Gasteiger partial charge is 0.375 e. The van der Waals surface area contributed by atoms with Gasteiger partial charge in [-0.15, -0.1) is 0 Å². The third-order valence-corrected chi connectivity index (χ3v) is 5.52. The van der Waals surface area contributed by atoms with Crippen LogP contribution in [0, 0.1) is 5.92 Å². The first-order valence-electron chi connectivity index (χ1n) is 7.44. The van der Waals surface area contributed by atoms with E-state index >= 15 is 0 Å². The molecule has 2 unspecified atom stereocenters. The molecule has 106 valence electrons. The number of likely N-dealkylation sites (N-methyl/N-ethyl adjacent to an activating group) is 1. The third kappa shape index (κ3) is 2.59. The summed E-state index contributed by atoms with van der Waals surface area (Å²) in [6.45, 7) is 5.42. The van der Waals surface area contributed by atoms with Gasteiger partial charge in [0.1, 0.15) is 0 Å². The Morgan fingerprint density at radius 3 is 2.44 bits per heavy atom. The van der Waals surface area contributed by atoms with Crippen LogP contribution in [0.15, 0.2) is 0 Å². The second-order valence-electron chi connectivity index (χ2n) is 7.07. The Kier molecular flexibility index (Phi) is 4.05. The molecule has 0 aromatic carbocycles. The number of nitrogens with zero attached hydrogens (tertiary/aromatic N) is 1. The minimum absolute atomic E-state index is 0.0573. The summed E-state index contributed by atoms with van der Waals surface area (Å²) in [4.78, 5) is 2.26. The highest BCUT2D eigenvalue weighted by atomic mass is 16.5. The standard InChI is InChI=1S/C15H30N2O/c1-14(2,17(3)4)13(16)12-7-10-18-15(11-12)8-5-6-9-15/h12-13H,5-11,16H2,1-4H3. The van der Waals surface area contributed by atoms with Gasteiger partial charge in [0, 0.05) is 18.2 Å². The molecular formula is C15H30N2O. The highest BCUT2D eigenvalue weighted by Crippen LogP contribution is 2.43. The Morgan fingerprint density at radius 1 is 1.28 bits per heavy atom. The van der Waals surface area contributed by atoms with Gasteiger partial charge in [0.2, 0.25) is 0 Å². The average molecular weight is 254 g/mol. The van der Waals surface area contributed by atoms with Crippen molar-refractivity contribution >= 4 is 0 Å². The lowest BCUT2D eigenvalue weighted by atomic mass is 9.75. The number of rotatable bonds is 3. The molecule has 18 heavy (non-hydrogen) atoms. The van der Waals surface area contributed by atoms with Gasteiger partial charge in [-0.3, -0.25) is 0 Å². The smallest absolute Gasteiger partial charge is 0.0685 e. The van der Waals surface area contributed by atoms with Gasteiger partial charge in [-0.05, 0) is 59.5 Å². The molecule has 2 atom stereocenters. The van der Waals surface area contributed by atoms with E-state index in [0.29, 0.717) is 5.92 Å². The minimum Gasteiger partial charge on any atom is -0.375 e. The molecule has 1 spiro atoms. The van der Waals surface area contributed by atoms with Gasteiger partial charge in [0.15, 0.2) is 0 Å². The highest BCUT2D eigenvalue weighted by molar-refractivity contribution is 4.99. The SMILES string of the molecule is CN(C)C(C)(C)C(N)C1CCOC2(CCCC2)C1. The van der Waals surface area contributed by atoms with Crippen molar-refractivity contribution < 1.29 is 4.74 Å². The predicted molar refractivity (Wildman–Crippen MR) is 75.6 cm³/mol. The highest BCUT2D eigenvalue weighted by Gasteiger charge is 2.44. The van der Waals surface area contributed by atoms with Crippen LogP contribution in [0.4, 0.5) is 0 Å². The lowest BCUT2D eigenvalue weighted by Crippen LogP contribution is -2.58. The van der Waals surface area contributed by atoms with Gasteiger partial charge >= 0.3 is 0 Å². The van der Waals surface area contributed by atoms with Crippen molar-refractivity contribution in [3.8, 4) is 0 Å². The topological polar surface area (TPSA) is 38.5 Å². The van der Waals surface area contributed by atoms with Crippen molar-refractivity contribution in [3.05, 3.63) is 0 Å². The lowest BCUT2D eigenvalue weighted by molar-refractivity contribution is -0.103. The van der Waals surface area contributed by atoms with Crippen molar-refractivity contribution in [2.24, 2.45) is 11.7 Å². The van der Waals surface area contributed by atoms with Crippen molar-refractivity contribution in [1.29, 1.82) is 0 Å². The molecule has 0 radical (unpaired) electrons. The summed E-state index contributed by atoms with van der Waals surface area (Å²) in [5, 5.41) is 0. The Morgan fingerprint density at radius 2 is 1.89 bits per heavy atom. The van der Waals surface area contributed by atoms with Gasteiger partial charge in [0.05, 0.1) is 5.60 Å². The molecule has 0 bridgehead atoms. The quantitative estimate of drug-likeness (QED) is 0.840. The first-order chi connectivity index (χ1) is 8.37. The molecule has 0 amide bonds. The van der Waals surface area contributed by atoms with Crippen LogP contribution in [0.5, 0.6) is 0 Å². The third-order valence-electron chi connectivity index (χ3n) is 5.52. The van der Waals surface area contributed by atoms with Crippen LogP contribution in [0.1, 0.15) is 52.4 Å². The van der Waals surface area contributed by atoms with E-state index in [1.54, 1.807) is 0 Å². The van der Waals surface area contributed by atoms with E-state index in [9.17, 15) is 0 Å². The molecule has 2 rings (SSSR count). The van der Waals surface area contributed by atoms with Gasteiger partial charge < -0.3 is 15.4 Å². The van der Waals surface area contributed by atoms with Crippen LogP contribution in [0.3, 0.4) is 0 Å². The van der Waals surface area contributed by atoms with Crippen LogP contribution in [-0.2, 0) is 4.74 Å². The van der Waals surface area contributed by atoms with Gasteiger partial charge in [-0.25, -0.2) is 0 Å². The fourth-order valence-electron chi connectivity index (χ4n) is 3.61. The fraction of sp³-hybridized carbons (Fsp3) is 1.00. The van der Waals surface area contributed by atoms with E-state index in [-0.39, 0.29) is 17.2 Å². The summed E-state index contributed by atoms with van der Waals surface area (Å²) in [7, 11) is 4.26. The molecule has 2 fully saturated rings. The van der Waals surface area contributed by atoms with Crippen LogP contribution >= 0.6 is 0 Å². The lowest BCUT2D eigenvalue weighted by Gasteiger charge is -2.47. The summed E-state index contributed by atoms with van der Waals surface area (Å²) in [6, 6.07) is 0.230. The van der Waals surface area contributed by atoms with E-state index in [0.717, 1.165) is 13.0 Å². The van der Waals surface area contributed by atoms with Crippen molar-refractivity contribution in [2.45, 2.75) is 69.6 Å². The molecule has 1 aliphatic heterocycles. The van der Waals surface area contributed by atoms with Crippen LogP contribution in [-0.4, -0.2) is 42.8 Å². The molecule has 1 saturated carbocycles. The molecule has 2 N–H and O–H groups in total. The minimum atomic E-state index is 0.0573. The molecule has 3 nitrogen and oxygen atoms in total. The van der Waals surface area contributed by atoms with Gasteiger partial charge in [0.25, 0.3) is 0 Å². The number of nitrogens with two attached hydrogens (primary N) is 1. The van der Waals surface area contributed by atoms with E-state index in [2.05, 4.69) is 32.8 Å². The van der Waals surface area contributed by atoms with E-state index in [4.69, 9.17) is 10.5 Å². The zero-order valence-corrected chi connectivity index (χ0v) is 12.5. The Labute approximate surface area is 112 Å². The number of hydrogen-bond acceptors (Lipinski definition) is 3. The maximum atomic E-state index is 6.58. The summed E-state index contributed by atoms with van der Waals surface area (Å²) < 4.78 is 6.11. The summed E-state index contributed by atoms with van der Waals surface area (Å²) in [5.41, 5.74) is 6.82. The molecule has 0 aromatic heterocycles. The number of ether oxygens (including phenoxy) is 1. The maximum Gasteiger partial charge on any atom is 0.0685 e. The normalized spacial score (nSPS) is 30.0. The first kappa shape index (κ1) is 14.3. The van der Waals surface area contributed by atoms with Crippen LogP contribution < -0.4 is 5.73 Å². The predicted octanol–water partition coefficient (Wildman–Crippen LogP) is 2.39. The molecular weight excluding hydrogens is 224 g/mol. The Balaban J connectivity index is 2.04. The number of hydrogen-bond donors (Lipinski definition) is 1. The molecule has 1 aliphatic carbocycles. The second-order valence-corrected chi connectivity index (χ2v) is 7.07. The van der Waals surface area contributed by atoms with E-state index < -0.39 is 0 Å². The zero-order chi connectivity index (χ0) is 13.4. The van der Waals surface area contributed by atoms with Gasteiger partial charge in [-0.1, -0.05) is 12.8 Å². The maximum absolute atomic E-state index is 6.58. The van der Waals surface area contributed by atoms with E-state index in [1.165, 1.54) is 32.1 Å². The fourth-order valence-corrected chi connectivity index (χ4v) is 3.61. The zero-order valence-electron chi connectivity index (χ0n) is 12.5. The monoisotopic (exact) mass is 254 g/mol. The van der Waals surface area contributed by atoms with E-state index in [1.807, 2.05) is 0 Å². The Bertz CT molecular complexity index is 282. The molecule has 1 saturated heterocycles. The average Bonchev–Trinajstić information content (AvgIpc) is 2.76. The summed E-state index contributed by atoms with van der Waals surface area (Å²) in [6.07, 6.45) is 7.46. The summed E-state index contributed by atoms with van der Waals surface area (Å²) in [5.74, 6) is 0.606. The Hall–Kier alpha value is -0.120. The summed E-state index contributed by atoms with van der Waals surface area (Å²) >= 11 is 0. The molecule has 0 aromatic rings. The first-order valence-corrected chi connectivity index (χ1v) is 7.44. The molecule has 3 heteroatoms. The molecule has 1 heterocycles. The second kappa shape index (κ2) is 5.10. The van der Waals surface area contributed by atoms with Crippen LogP contribution in [0.2, 0.25) is 0 Å². The van der Waals surface area contributed by atoms with Crippen molar-refractivity contribution in [1.82, 2.24) is 4.90 Å². The molecule has 2 aliphatic rings. The van der Waals surface area contributed by atoms with Crippen molar-refractivity contribution in [2.75, 3.05) is 20.7 Å². The van der Waals surface area contributed by atoms with Crippen molar-refractivity contribution in [3.63, 3.8) is 0 Å². The van der Waals surface area contributed by atoms with Gasteiger partial charge in [-0.2, -0.15) is 0 Å².